The van der Waals surface area contributed by atoms with E-state index in [1.807, 2.05) is 29.6 Å². The molecule has 2 heterocycles. The number of halogens is 2. The van der Waals surface area contributed by atoms with Crippen molar-refractivity contribution in [2.24, 2.45) is 5.92 Å². The van der Waals surface area contributed by atoms with Gasteiger partial charge in [-0.2, -0.15) is 0 Å². The van der Waals surface area contributed by atoms with Crippen LogP contribution in [0.25, 0.3) is 11.3 Å². The Bertz CT molecular complexity index is 1000. The summed E-state index contributed by atoms with van der Waals surface area (Å²) in [6, 6.07) is 6.79. The molecule has 0 saturated carbocycles. The first-order valence-corrected chi connectivity index (χ1v) is 12.3. The van der Waals surface area contributed by atoms with Gasteiger partial charge in [0.1, 0.15) is 11.6 Å². The van der Waals surface area contributed by atoms with E-state index in [9.17, 15) is 18.4 Å². The van der Waals surface area contributed by atoms with Gasteiger partial charge in [-0.25, -0.2) is 18.6 Å². The van der Waals surface area contributed by atoms with Crippen molar-refractivity contribution in [3.8, 4) is 11.3 Å². The van der Waals surface area contributed by atoms with Crippen molar-refractivity contribution in [2.45, 2.75) is 51.7 Å². The van der Waals surface area contributed by atoms with Crippen LogP contribution >= 0.6 is 11.3 Å². The molecule has 1 atom stereocenters. The first-order valence-electron chi connectivity index (χ1n) is 11.4. The fraction of sp³-hybridized carbons (Fsp3) is 0.542. The van der Waals surface area contributed by atoms with Gasteiger partial charge in [0.2, 0.25) is 6.43 Å². The zero-order chi connectivity index (χ0) is 25.6. The van der Waals surface area contributed by atoms with Crippen LogP contribution < -0.4 is 15.5 Å². The average molecular weight is 511 g/mol. The van der Waals surface area contributed by atoms with Gasteiger partial charge in [0.25, 0.3) is 5.91 Å². The predicted octanol–water partition coefficient (Wildman–Crippen LogP) is 4.77. The number of rotatable bonds is 8. The molecular formula is C24H32F2N4O4S. The summed E-state index contributed by atoms with van der Waals surface area (Å²) in [5.74, 6) is -1.01. The number of ether oxygens (including phenoxy) is 2. The SMILES string of the molecule is COCC(NC(=O)OC(C)(C)C)C(=O)Nc1nc(-c2cccc(N3CCC(C(F)F)CC3)c2)cs1. The molecule has 1 aliphatic heterocycles. The molecule has 35 heavy (non-hydrogen) atoms. The number of amides is 2. The Hall–Kier alpha value is -2.79. The van der Waals surface area contributed by atoms with E-state index in [1.165, 1.54) is 18.4 Å². The first-order chi connectivity index (χ1) is 16.6. The molecule has 1 fully saturated rings. The van der Waals surface area contributed by atoms with Crippen LogP contribution in [0.1, 0.15) is 33.6 Å². The van der Waals surface area contributed by atoms with Gasteiger partial charge in [-0.1, -0.05) is 12.1 Å². The van der Waals surface area contributed by atoms with Gasteiger partial charge in [0.15, 0.2) is 5.13 Å². The molecule has 1 aliphatic rings. The fourth-order valence-electron chi connectivity index (χ4n) is 3.73. The Morgan fingerprint density at radius 2 is 1.97 bits per heavy atom. The molecule has 0 aliphatic carbocycles. The monoisotopic (exact) mass is 510 g/mol. The highest BCUT2D eigenvalue weighted by Gasteiger charge is 2.27. The number of hydrogen-bond donors (Lipinski definition) is 2. The third-order valence-corrected chi connectivity index (χ3v) is 6.24. The number of benzene rings is 1. The maximum Gasteiger partial charge on any atom is 0.408 e. The molecule has 2 amide bonds. The highest BCUT2D eigenvalue weighted by atomic mass is 32.1. The van der Waals surface area contributed by atoms with Crippen LogP contribution in [-0.4, -0.2) is 61.9 Å². The topological polar surface area (TPSA) is 92.8 Å². The summed E-state index contributed by atoms with van der Waals surface area (Å²) in [6.07, 6.45) is -2.05. The van der Waals surface area contributed by atoms with Crippen LogP contribution in [0.3, 0.4) is 0 Å². The third kappa shape index (κ3) is 7.86. The fourth-order valence-corrected chi connectivity index (χ4v) is 4.45. The van der Waals surface area contributed by atoms with E-state index in [2.05, 4.69) is 20.5 Å². The van der Waals surface area contributed by atoms with Crippen molar-refractivity contribution >= 4 is 34.2 Å². The summed E-state index contributed by atoms with van der Waals surface area (Å²) in [6.45, 7) is 6.33. The molecule has 0 spiro atoms. The molecule has 0 radical (unpaired) electrons. The largest absolute Gasteiger partial charge is 0.444 e. The summed E-state index contributed by atoms with van der Waals surface area (Å²) in [5.41, 5.74) is 1.79. The molecule has 8 nitrogen and oxygen atoms in total. The molecule has 1 aromatic heterocycles. The lowest BCUT2D eigenvalue weighted by Gasteiger charge is -2.33. The first kappa shape index (κ1) is 26.8. The molecular weight excluding hydrogens is 478 g/mol. The molecule has 0 bridgehead atoms. The number of methoxy groups -OCH3 is 1. The van der Waals surface area contributed by atoms with Crippen LogP contribution in [0.15, 0.2) is 29.6 Å². The molecule has 2 N–H and O–H groups in total. The zero-order valence-electron chi connectivity index (χ0n) is 20.3. The Labute approximate surface area is 208 Å². The summed E-state index contributed by atoms with van der Waals surface area (Å²) in [7, 11) is 1.43. The quantitative estimate of drug-likeness (QED) is 0.532. The second kappa shape index (κ2) is 11.8. The number of alkyl halides is 2. The summed E-state index contributed by atoms with van der Waals surface area (Å²) in [5, 5.41) is 7.43. The van der Waals surface area contributed by atoms with Crippen LogP contribution in [-0.2, 0) is 14.3 Å². The number of nitrogens with zero attached hydrogens (tertiary/aromatic N) is 2. The lowest BCUT2D eigenvalue weighted by atomic mass is 9.97. The van der Waals surface area contributed by atoms with Crippen molar-refractivity contribution < 1.29 is 27.8 Å². The number of thiazole rings is 1. The number of carbonyl (C=O) groups is 2. The van der Waals surface area contributed by atoms with E-state index in [0.717, 1.165) is 11.3 Å². The van der Waals surface area contributed by atoms with Crippen LogP contribution in [0, 0.1) is 5.92 Å². The average Bonchev–Trinajstić information content (AvgIpc) is 3.26. The van der Waals surface area contributed by atoms with Crippen LogP contribution in [0.2, 0.25) is 0 Å². The van der Waals surface area contributed by atoms with E-state index in [1.54, 1.807) is 20.8 Å². The van der Waals surface area contributed by atoms with Crippen LogP contribution in [0.4, 0.5) is 24.4 Å². The van der Waals surface area contributed by atoms with Crippen molar-refractivity contribution in [1.29, 1.82) is 0 Å². The Morgan fingerprint density at radius 3 is 2.60 bits per heavy atom. The molecule has 1 unspecified atom stereocenters. The second-order valence-corrected chi connectivity index (χ2v) is 10.2. The second-order valence-electron chi connectivity index (χ2n) is 9.39. The number of nitrogens with one attached hydrogen (secondary N) is 2. The van der Waals surface area contributed by atoms with Crippen molar-refractivity contribution in [2.75, 3.05) is 37.0 Å². The number of carbonyl (C=O) groups excluding carboxylic acids is 2. The molecule has 192 valence electrons. The minimum absolute atomic E-state index is 0.0341. The van der Waals surface area contributed by atoms with Gasteiger partial charge >= 0.3 is 6.09 Å². The highest BCUT2D eigenvalue weighted by molar-refractivity contribution is 7.14. The minimum Gasteiger partial charge on any atom is -0.444 e. The summed E-state index contributed by atoms with van der Waals surface area (Å²) < 4.78 is 36.2. The maximum atomic E-state index is 13.0. The summed E-state index contributed by atoms with van der Waals surface area (Å²) in [4.78, 5) is 31.4. The number of aromatic nitrogens is 1. The van der Waals surface area contributed by atoms with Gasteiger partial charge in [-0.05, 0) is 45.7 Å². The molecule has 2 aromatic rings. The van der Waals surface area contributed by atoms with Crippen molar-refractivity contribution in [3.63, 3.8) is 0 Å². The Balaban J connectivity index is 1.64. The Kier molecular flexibility index (Phi) is 9.01. The van der Waals surface area contributed by atoms with Gasteiger partial charge in [-0.15, -0.1) is 11.3 Å². The molecule has 3 rings (SSSR count). The minimum atomic E-state index is -2.27. The van der Waals surface area contributed by atoms with E-state index in [-0.39, 0.29) is 6.61 Å². The van der Waals surface area contributed by atoms with E-state index in [0.29, 0.717) is 36.8 Å². The van der Waals surface area contributed by atoms with Crippen molar-refractivity contribution in [3.05, 3.63) is 29.6 Å². The van der Waals surface area contributed by atoms with E-state index >= 15 is 0 Å². The van der Waals surface area contributed by atoms with Gasteiger partial charge in [0, 0.05) is 42.7 Å². The zero-order valence-corrected chi connectivity index (χ0v) is 21.2. The normalized spacial score (nSPS) is 15.7. The van der Waals surface area contributed by atoms with E-state index < -0.39 is 36.0 Å². The lowest BCUT2D eigenvalue weighted by Crippen LogP contribution is -2.48. The third-order valence-electron chi connectivity index (χ3n) is 5.48. The highest BCUT2D eigenvalue weighted by Crippen LogP contribution is 2.31. The van der Waals surface area contributed by atoms with Crippen molar-refractivity contribution in [1.82, 2.24) is 10.3 Å². The number of hydrogen-bond acceptors (Lipinski definition) is 7. The number of alkyl carbamates (subject to hydrolysis) is 1. The number of anilines is 2. The lowest BCUT2D eigenvalue weighted by molar-refractivity contribution is -0.119. The van der Waals surface area contributed by atoms with Crippen LogP contribution in [0.5, 0.6) is 0 Å². The number of piperidine rings is 1. The molecule has 1 saturated heterocycles. The van der Waals surface area contributed by atoms with Gasteiger partial charge < -0.3 is 25.0 Å². The van der Waals surface area contributed by atoms with Gasteiger partial charge in [0.05, 0.1) is 12.3 Å². The maximum absolute atomic E-state index is 13.0. The van der Waals surface area contributed by atoms with Gasteiger partial charge in [-0.3, -0.25) is 4.79 Å². The summed E-state index contributed by atoms with van der Waals surface area (Å²) >= 11 is 1.26. The standard InChI is InChI=1S/C24H32F2N4O4S/c1-24(2,3)34-23(32)28-18(13-33-4)21(31)29-22-27-19(14-35-22)16-6-5-7-17(12-16)30-10-8-15(9-11-30)20(25)26/h5-7,12,14-15,18,20H,8-11,13H2,1-4H3,(H,28,32)(H,27,29,31). The molecule has 11 heteroatoms. The Morgan fingerprint density at radius 1 is 1.26 bits per heavy atom. The predicted molar refractivity (Wildman–Crippen MR) is 132 cm³/mol. The smallest absolute Gasteiger partial charge is 0.408 e. The van der Waals surface area contributed by atoms with E-state index in [4.69, 9.17) is 9.47 Å². The molecule has 1 aromatic carbocycles.